The minimum absolute atomic E-state index is 0.310. The molecule has 0 aliphatic heterocycles. The minimum atomic E-state index is -0.387. The highest BCUT2D eigenvalue weighted by Crippen LogP contribution is 2.10. The average Bonchev–Trinajstić information content (AvgIpc) is 2.28. The van der Waals surface area contributed by atoms with E-state index in [4.69, 9.17) is 0 Å². The van der Waals surface area contributed by atoms with Crippen LogP contribution in [0.2, 0.25) is 0 Å². The summed E-state index contributed by atoms with van der Waals surface area (Å²) in [6.45, 7) is 7.96. The van der Waals surface area contributed by atoms with Crippen molar-refractivity contribution in [3.8, 4) is 0 Å². The average molecular weight is 234 g/mol. The number of carbonyl (C=O) groups is 1. The first-order valence-electron chi connectivity index (χ1n) is 5.20. The van der Waals surface area contributed by atoms with Crippen LogP contribution in [0.25, 0.3) is 0 Å². The van der Waals surface area contributed by atoms with Crippen molar-refractivity contribution in [2.75, 3.05) is 18.4 Å². The second kappa shape index (κ2) is 6.48. The van der Waals surface area contributed by atoms with Gasteiger partial charge in [0, 0.05) is 18.8 Å². The molecule has 2 amide bonds. The summed E-state index contributed by atoms with van der Waals surface area (Å²) in [6.07, 6.45) is 3.24. The van der Waals surface area contributed by atoms with Crippen LogP contribution in [0.1, 0.15) is 0 Å². The lowest BCUT2D eigenvalue weighted by atomic mass is 10.3. The van der Waals surface area contributed by atoms with E-state index in [-0.39, 0.29) is 11.8 Å². The van der Waals surface area contributed by atoms with Gasteiger partial charge in [0.15, 0.2) is 0 Å². The van der Waals surface area contributed by atoms with Gasteiger partial charge in [0.1, 0.15) is 5.82 Å². The number of hydrogen-bond donors (Lipinski definition) is 1. The summed E-state index contributed by atoms with van der Waals surface area (Å²) in [5.74, 6) is -0.387. The third-order valence-electron chi connectivity index (χ3n) is 2.06. The van der Waals surface area contributed by atoms with Gasteiger partial charge in [0.2, 0.25) is 0 Å². The summed E-state index contributed by atoms with van der Waals surface area (Å²) in [7, 11) is 0. The topological polar surface area (TPSA) is 32.3 Å². The van der Waals surface area contributed by atoms with Crippen molar-refractivity contribution in [1.29, 1.82) is 0 Å². The SMILES string of the molecule is C=CCN(CC=C)C(=O)Nc1cccc(F)c1. The van der Waals surface area contributed by atoms with Gasteiger partial charge in [-0.2, -0.15) is 0 Å². The van der Waals surface area contributed by atoms with Crippen molar-refractivity contribution in [3.05, 3.63) is 55.4 Å². The number of hydrogen-bond acceptors (Lipinski definition) is 1. The molecule has 0 aromatic heterocycles. The van der Waals surface area contributed by atoms with Crippen molar-refractivity contribution < 1.29 is 9.18 Å². The van der Waals surface area contributed by atoms with Crippen LogP contribution >= 0.6 is 0 Å². The molecule has 1 aromatic carbocycles. The standard InChI is InChI=1S/C13H15FN2O/c1-3-8-16(9-4-2)13(17)15-12-7-5-6-11(14)10-12/h3-7,10H,1-2,8-9H2,(H,15,17). The second-order valence-corrected chi connectivity index (χ2v) is 3.42. The zero-order valence-corrected chi connectivity index (χ0v) is 9.53. The number of halogens is 1. The Hall–Kier alpha value is -2.10. The van der Waals surface area contributed by atoms with Gasteiger partial charge < -0.3 is 10.2 Å². The number of nitrogens with one attached hydrogen (secondary N) is 1. The highest BCUT2D eigenvalue weighted by molar-refractivity contribution is 5.89. The van der Waals surface area contributed by atoms with E-state index < -0.39 is 0 Å². The number of urea groups is 1. The fourth-order valence-electron chi connectivity index (χ4n) is 1.32. The van der Waals surface area contributed by atoms with E-state index in [0.29, 0.717) is 18.8 Å². The normalized spacial score (nSPS) is 9.47. The Morgan fingerprint density at radius 3 is 2.53 bits per heavy atom. The molecule has 4 heteroatoms. The van der Waals surface area contributed by atoms with Crippen LogP contribution in [-0.2, 0) is 0 Å². The first-order chi connectivity index (χ1) is 8.17. The van der Waals surface area contributed by atoms with Gasteiger partial charge in [0.05, 0.1) is 0 Å². The molecule has 0 saturated carbocycles. The van der Waals surface area contributed by atoms with Crippen LogP contribution in [-0.4, -0.2) is 24.0 Å². The molecule has 17 heavy (non-hydrogen) atoms. The van der Waals surface area contributed by atoms with Crippen molar-refractivity contribution in [2.45, 2.75) is 0 Å². The maximum Gasteiger partial charge on any atom is 0.322 e. The molecular weight excluding hydrogens is 219 g/mol. The van der Waals surface area contributed by atoms with Crippen LogP contribution in [0.3, 0.4) is 0 Å². The number of nitrogens with zero attached hydrogens (tertiary/aromatic N) is 1. The van der Waals surface area contributed by atoms with Crippen LogP contribution in [0.4, 0.5) is 14.9 Å². The monoisotopic (exact) mass is 234 g/mol. The van der Waals surface area contributed by atoms with E-state index in [1.807, 2.05) is 0 Å². The molecule has 0 fully saturated rings. The van der Waals surface area contributed by atoms with Crippen molar-refractivity contribution in [3.63, 3.8) is 0 Å². The lowest BCUT2D eigenvalue weighted by Crippen LogP contribution is -2.35. The zero-order valence-electron chi connectivity index (χ0n) is 9.53. The van der Waals surface area contributed by atoms with Gasteiger partial charge in [-0.3, -0.25) is 0 Å². The molecule has 0 atom stereocenters. The molecule has 0 aliphatic carbocycles. The van der Waals surface area contributed by atoms with Gasteiger partial charge in [0.25, 0.3) is 0 Å². The summed E-state index contributed by atoms with van der Waals surface area (Å²) in [5.41, 5.74) is 0.424. The number of anilines is 1. The van der Waals surface area contributed by atoms with Crippen molar-refractivity contribution >= 4 is 11.7 Å². The van der Waals surface area contributed by atoms with E-state index in [0.717, 1.165) is 0 Å². The van der Waals surface area contributed by atoms with Crippen LogP contribution in [0.15, 0.2) is 49.6 Å². The van der Waals surface area contributed by atoms with Crippen molar-refractivity contribution in [2.24, 2.45) is 0 Å². The Labute approximate surface area is 100 Å². The highest BCUT2D eigenvalue weighted by Gasteiger charge is 2.10. The third kappa shape index (κ3) is 4.10. The zero-order chi connectivity index (χ0) is 12.7. The van der Waals surface area contributed by atoms with E-state index in [1.165, 1.54) is 23.1 Å². The molecule has 1 rings (SSSR count). The first kappa shape index (κ1) is 13.0. The fourth-order valence-corrected chi connectivity index (χ4v) is 1.32. The van der Waals surface area contributed by atoms with Gasteiger partial charge in [-0.1, -0.05) is 18.2 Å². The molecule has 0 aliphatic rings. The fraction of sp³-hybridized carbons (Fsp3) is 0.154. The van der Waals surface area contributed by atoms with Crippen LogP contribution < -0.4 is 5.32 Å². The molecule has 1 N–H and O–H groups in total. The number of rotatable bonds is 5. The van der Waals surface area contributed by atoms with Gasteiger partial charge in [-0.15, -0.1) is 13.2 Å². The molecule has 0 radical (unpaired) electrons. The summed E-state index contributed by atoms with van der Waals surface area (Å²) < 4.78 is 12.9. The van der Waals surface area contributed by atoms with E-state index in [2.05, 4.69) is 18.5 Å². The summed E-state index contributed by atoms with van der Waals surface area (Å²) in [6, 6.07) is 5.44. The summed E-state index contributed by atoms with van der Waals surface area (Å²) >= 11 is 0. The van der Waals surface area contributed by atoms with E-state index in [9.17, 15) is 9.18 Å². The molecule has 3 nitrogen and oxygen atoms in total. The third-order valence-corrected chi connectivity index (χ3v) is 2.06. The highest BCUT2D eigenvalue weighted by atomic mass is 19.1. The molecule has 90 valence electrons. The number of carbonyl (C=O) groups excluding carboxylic acids is 1. The van der Waals surface area contributed by atoms with Crippen LogP contribution in [0, 0.1) is 5.82 Å². The van der Waals surface area contributed by atoms with Gasteiger partial charge >= 0.3 is 6.03 Å². The maximum absolute atomic E-state index is 12.9. The quantitative estimate of drug-likeness (QED) is 0.780. The Bertz CT molecular complexity index is 408. The van der Waals surface area contributed by atoms with E-state index in [1.54, 1.807) is 18.2 Å². The molecule has 0 saturated heterocycles. The second-order valence-electron chi connectivity index (χ2n) is 3.42. The Balaban J connectivity index is 2.68. The Morgan fingerprint density at radius 1 is 1.35 bits per heavy atom. The maximum atomic E-state index is 12.9. The number of amides is 2. The Morgan fingerprint density at radius 2 is 2.00 bits per heavy atom. The predicted molar refractivity (Wildman–Crippen MR) is 67.4 cm³/mol. The lowest BCUT2D eigenvalue weighted by molar-refractivity contribution is 0.222. The Kier molecular flexibility index (Phi) is 4.94. The summed E-state index contributed by atoms with van der Waals surface area (Å²) in [5, 5.41) is 2.60. The van der Waals surface area contributed by atoms with Crippen molar-refractivity contribution in [1.82, 2.24) is 4.90 Å². The van der Waals surface area contributed by atoms with E-state index >= 15 is 0 Å². The van der Waals surface area contributed by atoms with Gasteiger partial charge in [-0.25, -0.2) is 9.18 Å². The largest absolute Gasteiger partial charge is 0.322 e. The van der Waals surface area contributed by atoms with Gasteiger partial charge in [-0.05, 0) is 18.2 Å². The lowest BCUT2D eigenvalue weighted by Gasteiger charge is -2.19. The molecule has 1 aromatic rings. The first-order valence-corrected chi connectivity index (χ1v) is 5.20. The minimum Gasteiger partial charge on any atom is -0.317 e. The molecule has 0 bridgehead atoms. The predicted octanol–water partition coefficient (Wildman–Crippen LogP) is 3.03. The molecule has 0 spiro atoms. The number of benzene rings is 1. The van der Waals surface area contributed by atoms with Crippen LogP contribution in [0.5, 0.6) is 0 Å². The summed E-state index contributed by atoms with van der Waals surface area (Å²) in [4.78, 5) is 13.3. The molecular formula is C13H15FN2O. The molecule has 0 unspecified atom stereocenters. The smallest absolute Gasteiger partial charge is 0.317 e. The molecule has 0 heterocycles.